The van der Waals surface area contributed by atoms with Gasteiger partial charge in [-0.1, -0.05) is 19.4 Å². The van der Waals surface area contributed by atoms with Crippen molar-refractivity contribution in [1.82, 2.24) is 5.32 Å². The van der Waals surface area contributed by atoms with Gasteiger partial charge < -0.3 is 14.8 Å². The monoisotopic (exact) mass is 279 g/mol. The van der Waals surface area contributed by atoms with Crippen LogP contribution in [0.1, 0.15) is 53.0 Å². The van der Waals surface area contributed by atoms with Crippen LogP contribution in [0.2, 0.25) is 0 Å². The Bertz CT molecular complexity index is 389. The van der Waals surface area contributed by atoms with Crippen LogP contribution in [0.15, 0.2) is 18.2 Å². The molecular weight excluding hydrogens is 250 g/mol. The minimum atomic E-state index is 0.165. The Labute approximate surface area is 123 Å². The van der Waals surface area contributed by atoms with Gasteiger partial charge >= 0.3 is 0 Å². The second-order valence-electron chi connectivity index (χ2n) is 5.63. The molecule has 1 rings (SSSR count). The van der Waals surface area contributed by atoms with Crippen molar-refractivity contribution in [1.29, 1.82) is 0 Å². The second-order valence-corrected chi connectivity index (χ2v) is 5.63. The SMILES string of the molecule is CCCCNCc1ccc(OC(C)C)cc1OC(C)C. The van der Waals surface area contributed by atoms with Gasteiger partial charge in [0.1, 0.15) is 11.5 Å². The van der Waals surface area contributed by atoms with E-state index in [-0.39, 0.29) is 12.2 Å². The van der Waals surface area contributed by atoms with Crippen LogP contribution in [0.3, 0.4) is 0 Å². The van der Waals surface area contributed by atoms with E-state index in [1.807, 2.05) is 39.8 Å². The number of hydrogen-bond acceptors (Lipinski definition) is 3. The van der Waals surface area contributed by atoms with E-state index in [1.54, 1.807) is 0 Å². The molecule has 0 aliphatic rings. The standard InChI is InChI=1S/C17H29NO2/c1-6-7-10-18-12-15-8-9-16(19-13(2)3)11-17(15)20-14(4)5/h8-9,11,13-14,18H,6-7,10,12H2,1-5H3. The zero-order valence-corrected chi connectivity index (χ0v) is 13.5. The lowest BCUT2D eigenvalue weighted by Crippen LogP contribution is -2.16. The Morgan fingerprint density at radius 3 is 2.35 bits per heavy atom. The summed E-state index contributed by atoms with van der Waals surface area (Å²) >= 11 is 0. The van der Waals surface area contributed by atoms with Gasteiger partial charge in [-0.05, 0) is 46.7 Å². The van der Waals surface area contributed by atoms with Gasteiger partial charge in [-0.2, -0.15) is 0 Å². The number of hydrogen-bond donors (Lipinski definition) is 1. The maximum Gasteiger partial charge on any atom is 0.127 e. The minimum Gasteiger partial charge on any atom is -0.491 e. The third kappa shape index (κ3) is 6.29. The minimum absolute atomic E-state index is 0.165. The first kappa shape index (κ1) is 16.8. The zero-order valence-electron chi connectivity index (χ0n) is 13.5. The highest BCUT2D eigenvalue weighted by Crippen LogP contribution is 2.26. The summed E-state index contributed by atoms with van der Waals surface area (Å²) in [6, 6.07) is 6.11. The van der Waals surface area contributed by atoms with Gasteiger partial charge in [-0.3, -0.25) is 0 Å². The van der Waals surface area contributed by atoms with E-state index in [0.717, 1.165) is 24.6 Å². The molecule has 0 saturated heterocycles. The van der Waals surface area contributed by atoms with Crippen molar-refractivity contribution in [2.75, 3.05) is 6.54 Å². The fourth-order valence-electron chi connectivity index (χ4n) is 1.91. The van der Waals surface area contributed by atoms with Gasteiger partial charge in [0.2, 0.25) is 0 Å². The summed E-state index contributed by atoms with van der Waals surface area (Å²) in [7, 11) is 0. The Balaban J connectivity index is 2.75. The summed E-state index contributed by atoms with van der Waals surface area (Å²) in [5, 5.41) is 3.46. The normalized spacial score (nSPS) is 11.2. The summed E-state index contributed by atoms with van der Waals surface area (Å²) in [5.41, 5.74) is 1.19. The van der Waals surface area contributed by atoms with E-state index in [1.165, 1.54) is 18.4 Å². The van der Waals surface area contributed by atoms with E-state index in [2.05, 4.69) is 18.3 Å². The Morgan fingerprint density at radius 1 is 1.05 bits per heavy atom. The van der Waals surface area contributed by atoms with Gasteiger partial charge in [0, 0.05) is 18.2 Å². The average molecular weight is 279 g/mol. The molecule has 20 heavy (non-hydrogen) atoms. The molecule has 0 fully saturated rings. The van der Waals surface area contributed by atoms with Crippen molar-refractivity contribution in [2.24, 2.45) is 0 Å². The van der Waals surface area contributed by atoms with E-state index in [4.69, 9.17) is 9.47 Å². The van der Waals surface area contributed by atoms with Crippen molar-refractivity contribution in [3.8, 4) is 11.5 Å². The first-order valence-corrected chi connectivity index (χ1v) is 7.69. The van der Waals surface area contributed by atoms with Crippen LogP contribution >= 0.6 is 0 Å². The summed E-state index contributed by atoms with van der Waals surface area (Å²) in [6.45, 7) is 12.2. The van der Waals surface area contributed by atoms with E-state index in [0.29, 0.717) is 0 Å². The highest BCUT2D eigenvalue weighted by atomic mass is 16.5. The van der Waals surface area contributed by atoms with Crippen LogP contribution in [0.4, 0.5) is 0 Å². The Morgan fingerprint density at radius 2 is 1.75 bits per heavy atom. The van der Waals surface area contributed by atoms with Crippen LogP contribution in [0, 0.1) is 0 Å². The largest absolute Gasteiger partial charge is 0.491 e. The van der Waals surface area contributed by atoms with Crippen molar-refractivity contribution in [2.45, 2.75) is 66.2 Å². The third-order valence-corrected chi connectivity index (χ3v) is 2.80. The molecule has 0 aromatic heterocycles. The van der Waals surface area contributed by atoms with Crippen LogP contribution in [-0.4, -0.2) is 18.8 Å². The number of unbranched alkanes of at least 4 members (excludes halogenated alkanes) is 1. The molecule has 0 heterocycles. The second kappa shape index (κ2) is 8.85. The van der Waals surface area contributed by atoms with Crippen LogP contribution in [-0.2, 0) is 6.54 Å². The molecule has 0 atom stereocenters. The molecule has 1 N–H and O–H groups in total. The number of nitrogens with one attached hydrogen (secondary N) is 1. The van der Waals surface area contributed by atoms with E-state index < -0.39 is 0 Å². The van der Waals surface area contributed by atoms with E-state index >= 15 is 0 Å². The molecule has 0 saturated carbocycles. The summed E-state index contributed by atoms with van der Waals surface area (Å²) in [4.78, 5) is 0. The fraction of sp³-hybridized carbons (Fsp3) is 0.647. The first-order valence-electron chi connectivity index (χ1n) is 7.69. The molecular formula is C17H29NO2. The Kier molecular flexibility index (Phi) is 7.45. The lowest BCUT2D eigenvalue weighted by Gasteiger charge is -2.17. The molecule has 3 heteroatoms. The highest BCUT2D eigenvalue weighted by molar-refractivity contribution is 5.41. The van der Waals surface area contributed by atoms with Gasteiger partial charge in [-0.25, -0.2) is 0 Å². The number of ether oxygens (including phenoxy) is 2. The first-order chi connectivity index (χ1) is 9.52. The molecule has 3 nitrogen and oxygen atoms in total. The smallest absolute Gasteiger partial charge is 0.127 e. The zero-order chi connectivity index (χ0) is 15.0. The average Bonchev–Trinajstić information content (AvgIpc) is 2.35. The predicted octanol–water partition coefficient (Wildman–Crippen LogP) is 4.15. The molecule has 0 amide bonds. The lowest BCUT2D eigenvalue weighted by molar-refractivity contribution is 0.227. The van der Waals surface area contributed by atoms with Gasteiger partial charge in [0.05, 0.1) is 12.2 Å². The molecule has 0 radical (unpaired) electrons. The molecule has 0 spiro atoms. The summed E-state index contributed by atoms with van der Waals surface area (Å²) in [5.74, 6) is 1.79. The fourth-order valence-corrected chi connectivity index (χ4v) is 1.91. The topological polar surface area (TPSA) is 30.5 Å². The molecule has 0 bridgehead atoms. The molecule has 0 aliphatic carbocycles. The van der Waals surface area contributed by atoms with E-state index in [9.17, 15) is 0 Å². The number of benzene rings is 1. The van der Waals surface area contributed by atoms with Gasteiger partial charge in [-0.15, -0.1) is 0 Å². The van der Waals surface area contributed by atoms with Crippen molar-refractivity contribution in [3.63, 3.8) is 0 Å². The molecule has 0 aliphatic heterocycles. The van der Waals surface area contributed by atoms with Crippen molar-refractivity contribution in [3.05, 3.63) is 23.8 Å². The molecule has 1 aromatic carbocycles. The van der Waals surface area contributed by atoms with Crippen LogP contribution < -0.4 is 14.8 Å². The summed E-state index contributed by atoms with van der Waals surface area (Å²) < 4.78 is 11.6. The highest BCUT2D eigenvalue weighted by Gasteiger charge is 2.08. The Hall–Kier alpha value is -1.22. The van der Waals surface area contributed by atoms with Crippen LogP contribution in [0.5, 0.6) is 11.5 Å². The van der Waals surface area contributed by atoms with Crippen LogP contribution in [0.25, 0.3) is 0 Å². The third-order valence-electron chi connectivity index (χ3n) is 2.80. The number of rotatable bonds is 9. The maximum atomic E-state index is 5.90. The summed E-state index contributed by atoms with van der Waals surface area (Å²) in [6.07, 6.45) is 2.76. The predicted molar refractivity (Wildman–Crippen MR) is 84.6 cm³/mol. The lowest BCUT2D eigenvalue weighted by atomic mass is 10.1. The molecule has 1 aromatic rings. The quantitative estimate of drug-likeness (QED) is 0.689. The van der Waals surface area contributed by atoms with Gasteiger partial charge in [0.25, 0.3) is 0 Å². The van der Waals surface area contributed by atoms with Crippen molar-refractivity contribution >= 4 is 0 Å². The van der Waals surface area contributed by atoms with Gasteiger partial charge in [0.15, 0.2) is 0 Å². The molecule has 114 valence electrons. The maximum absolute atomic E-state index is 5.90. The van der Waals surface area contributed by atoms with Crippen molar-refractivity contribution < 1.29 is 9.47 Å². The molecule has 0 unspecified atom stereocenters.